The molecule has 64 valence electrons. The van der Waals surface area contributed by atoms with Gasteiger partial charge in [-0.25, -0.2) is 0 Å². The normalized spacial score (nSPS) is 27.5. The lowest BCUT2D eigenvalue weighted by Crippen LogP contribution is -2.56. The molecular formula is C9H16O2. The van der Waals surface area contributed by atoms with E-state index in [9.17, 15) is 4.79 Å². The van der Waals surface area contributed by atoms with Crippen molar-refractivity contribution in [2.75, 3.05) is 0 Å². The minimum Gasteiger partial charge on any atom is -0.458 e. The van der Waals surface area contributed by atoms with Gasteiger partial charge in [0.25, 0.3) is 0 Å². The number of hydrogen-bond acceptors (Lipinski definition) is 2. The fourth-order valence-electron chi connectivity index (χ4n) is 1.93. The number of ether oxygens (including phenoxy) is 1. The van der Waals surface area contributed by atoms with Crippen molar-refractivity contribution < 1.29 is 9.53 Å². The Morgan fingerprint density at radius 2 is 1.91 bits per heavy atom. The summed E-state index contributed by atoms with van der Waals surface area (Å²) in [5.41, 5.74) is -0.105. The molecule has 0 aromatic heterocycles. The fourth-order valence-corrected chi connectivity index (χ4v) is 1.93. The average Bonchev–Trinajstić information content (AvgIpc) is 2.00. The van der Waals surface area contributed by atoms with E-state index in [1.165, 1.54) is 0 Å². The van der Waals surface area contributed by atoms with Gasteiger partial charge in [0.15, 0.2) is 0 Å². The molecule has 1 heterocycles. The largest absolute Gasteiger partial charge is 0.458 e. The summed E-state index contributed by atoms with van der Waals surface area (Å²) >= 11 is 0. The summed E-state index contributed by atoms with van der Waals surface area (Å²) in [6.07, 6.45) is 2.82. The van der Waals surface area contributed by atoms with Gasteiger partial charge in [-0.15, -0.1) is 0 Å². The molecule has 0 amide bonds. The molecule has 0 aliphatic carbocycles. The van der Waals surface area contributed by atoms with Crippen LogP contribution in [0.15, 0.2) is 0 Å². The molecule has 1 fully saturated rings. The predicted octanol–water partition coefficient (Wildman–Crippen LogP) is 2.13. The standard InChI is InChI=1S/C9H16O2/c1-4-7-8(10)11-9(7,5-2)6-3/h7H,4-6H2,1-3H3/t7-/m1/s1. The maximum atomic E-state index is 11.0. The molecule has 1 aliphatic heterocycles. The van der Waals surface area contributed by atoms with Crippen LogP contribution in [-0.4, -0.2) is 11.6 Å². The molecule has 0 aromatic carbocycles. The van der Waals surface area contributed by atoms with E-state index in [0.717, 1.165) is 19.3 Å². The van der Waals surface area contributed by atoms with Crippen molar-refractivity contribution in [2.24, 2.45) is 5.92 Å². The van der Waals surface area contributed by atoms with Gasteiger partial charge in [-0.1, -0.05) is 20.8 Å². The van der Waals surface area contributed by atoms with Crippen molar-refractivity contribution in [1.82, 2.24) is 0 Å². The van der Waals surface area contributed by atoms with Gasteiger partial charge >= 0.3 is 5.97 Å². The quantitative estimate of drug-likeness (QED) is 0.585. The van der Waals surface area contributed by atoms with Crippen LogP contribution in [0.3, 0.4) is 0 Å². The summed E-state index contributed by atoms with van der Waals surface area (Å²) < 4.78 is 5.19. The van der Waals surface area contributed by atoms with Crippen LogP contribution >= 0.6 is 0 Å². The van der Waals surface area contributed by atoms with Crippen LogP contribution in [0.25, 0.3) is 0 Å². The number of esters is 1. The van der Waals surface area contributed by atoms with E-state index in [4.69, 9.17) is 4.74 Å². The minimum atomic E-state index is -0.105. The second-order valence-corrected chi connectivity index (χ2v) is 3.15. The minimum absolute atomic E-state index is 0.00352. The van der Waals surface area contributed by atoms with Crippen LogP contribution < -0.4 is 0 Å². The van der Waals surface area contributed by atoms with Gasteiger partial charge in [-0.2, -0.15) is 0 Å². The van der Waals surface area contributed by atoms with E-state index in [0.29, 0.717) is 0 Å². The molecule has 11 heavy (non-hydrogen) atoms. The summed E-state index contributed by atoms with van der Waals surface area (Å²) in [5, 5.41) is 0. The first kappa shape index (κ1) is 8.57. The Morgan fingerprint density at radius 1 is 1.36 bits per heavy atom. The van der Waals surface area contributed by atoms with Crippen LogP contribution in [0.2, 0.25) is 0 Å². The second kappa shape index (κ2) is 2.84. The van der Waals surface area contributed by atoms with Crippen molar-refractivity contribution in [1.29, 1.82) is 0 Å². The van der Waals surface area contributed by atoms with E-state index in [1.807, 2.05) is 6.92 Å². The molecule has 0 spiro atoms. The topological polar surface area (TPSA) is 26.3 Å². The Kier molecular flexibility index (Phi) is 2.21. The molecule has 1 saturated heterocycles. The lowest BCUT2D eigenvalue weighted by Gasteiger charge is -2.46. The summed E-state index contributed by atoms with van der Waals surface area (Å²) in [7, 11) is 0. The molecule has 0 radical (unpaired) electrons. The third-order valence-electron chi connectivity index (χ3n) is 2.83. The molecule has 0 N–H and O–H groups in total. The number of carbonyl (C=O) groups is 1. The van der Waals surface area contributed by atoms with Gasteiger partial charge in [0, 0.05) is 0 Å². The summed E-state index contributed by atoms with van der Waals surface area (Å²) in [6.45, 7) is 6.21. The molecule has 0 aromatic rings. The molecule has 1 rings (SSSR count). The monoisotopic (exact) mass is 156 g/mol. The molecule has 0 saturated carbocycles. The average molecular weight is 156 g/mol. The molecule has 2 nitrogen and oxygen atoms in total. The highest BCUT2D eigenvalue weighted by Gasteiger charge is 2.52. The molecule has 0 bridgehead atoms. The Labute approximate surface area is 67.9 Å². The number of hydrogen-bond donors (Lipinski definition) is 0. The molecule has 0 unspecified atom stereocenters. The lowest BCUT2D eigenvalue weighted by atomic mass is 9.76. The Morgan fingerprint density at radius 3 is 2.09 bits per heavy atom. The first-order valence-corrected chi connectivity index (χ1v) is 4.43. The first-order valence-electron chi connectivity index (χ1n) is 4.43. The van der Waals surface area contributed by atoms with Crippen LogP contribution in [-0.2, 0) is 9.53 Å². The zero-order chi connectivity index (χ0) is 8.48. The van der Waals surface area contributed by atoms with Gasteiger partial charge in [0.05, 0.1) is 5.92 Å². The van der Waals surface area contributed by atoms with Crippen molar-refractivity contribution >= 4 is 5.97 Å². The van der Waals surface area contributed by atoms with E-state index in [-0.39, 0.29) is 17.5 Å². The van der Waals surface area contributed by atoms with Gasteiger partial charge in [0.1, 0.15) is 5.60 Å². The van der Waals surface area contributed by atoms with Crippen LogP contribution in [0, 0.1) is 5.92 Å². The van der Waals surface area contributed by atoms with E-state index >= 15 is 0 Å². The highest BCUT2D eigenvalue weighted by molar-refractivity contribution is 5.80. The highest BCUT2D eigenvalue weighted by Crippen LogP contribution is 2.41. The Hall–Kier alpha value is -0.530. The SMILES string of the molecule is CC[C@@H]1C(=O)OC1(CC)CC. The Bertz CT molecular complexity index is 159. The summed E-state index contributed by atoms with van der Waals surface area (Å²) in [4.78, 5) is 11.0. The molecule has 1 atom stereocenters. The van der Waals surface area contributed by atoms with Crippen LogP contribution in [0.4, 0.5) is 0 Å². The maximum absolute atomic E-state index is 11.0. The molecular weight excluding hydrogens is 140 g/mol. The van der Waals surface area contributed by atoms with Gasteiger partial charge in [-0.05, 0) is 19.3 Å². The van der Waals surface area contributed by atoms with Gasteiger partial charge in [-0.3, -0.25) is 4.79 Å². The number of cyclic esters (lactones) is 1. The summed E-state index contributed by atoms with van der Waals surface area (Å²) in [5.74, 6) is 0.161. The third-order valence-corrected chi connectivity index (χ3v) is 2.83. The highest BCUT2D eigenvalue weighted by atomic mass is 16.6. The summed E-state index contributed by atoms with van der Waals surface area (Å²) in [6, 6.07) is 0. The third kappa shape index (κ3) is 1.05. The van der Waals surface area contributed by atoms with Crippen molar-refractivity contribution in [2.45, 2.75) is 45.6 Å². The molecule has 2 heteroatoms. The maximum Gasteiger partial charge on any atom is 0.313 e. The van der Waals surface area contributed by atoms with E-state index < -0.39 is 0 Å². The van der Waals surface area contributed by atoms with Crippen molar-refractivity contribution in [3.05, 3.63) is 0 Å². The first-order chi connectivity index (χ1) is 5.20. The van der Waals surface area contributed by atoms with Crippen LogP contribution in [0.1, 0.15) is 40.0 Å². The van der Waals surface area contributed by atoms with Crippen molar-refractivity contribution in [3.8, 4) is 0 Å². The zero-order valence-corrected chi connectivity index (χ0v) is 7.52. The smallest absolute Gasteiger partial charge is 0.313 e. The van der Waals surface area contributed by atoms with Crippen molar-refractivity contribution in [3.63, 3.8) is 0 Å². The van der Waals surface area contributed by atoms with E-state index in [1.54, 1.807) is 0 Å². The molecule has 1 aliphatic rings. The fraction of sp³-hybridized carbons (Fsp3) is 0.889. The Balaban J connectivity index is 2.65. The number of rotatable bonds is 3. The van der Waals surface area contributed by atoms with Gasteiger partial charge < -0.3 is 4.74 Å². The predicted molar refractivity (Wildman–Crippen MR) is 43.2 cm³/mol. The van der Waals surface area contributed by atoms with E-state index in [2.05, 4.69) is 13.8 Å². The second-order valence-electron chi connectivity index (χ2n) is 3.15. The lowest BCUT2D eigenvalue weighted by molar-refractivity contribution is -0.215. The van der Waals surface area contributed by atoms with Gasteiger partial charge in [0.2, 0.25) is 0 Å². The zero-order valence-electron chi connectivity index (χ0n) is 7.52. The van der Waals surface area contributed by atoms with Crippen LogP contribution in [0.5, 0.6) is 0 Å². The number of carbonyl (C=O) groups excluding carboxylic acids is 1.